The average molecular weight is 371 g/mol. The molecule has 0 unspecified atom stereocenters. The Morgan fingerprint density at radius 3 is 2.85 bits per heavy atom. The summed E-state index contributed by atoms with van der Waals surface area (Å²) in [6, 6.07) is 3.61. The molecule has 2 atom stereocenters. The highest BCUT2D eigenvalue weighted by molar-refractivity contribution is 5.94. The van der Waals surface area contributed by atoms with Gasteiger partial charge in [-0.1, -0.05) is 13.8 Å². The van der Waals surface area contributed by atoms with Gasteiger partial charge < -0.3 is 20.3 Å². The van der Waals surface area contributed by atoms with Crippen molar-refractivity contribution >= 4 is 11.7 Å². The minimum absolute atomic E-state index is 0.0519. The summed E-state index contributed by atoms with van der Waals surface area (Å²) in [7, 11) is 0. The van der Waals surface area contributed by atoms with Crippen LogP contribution in [0.4, 0.5) is 5.82 Å². The first kappa shape index (κ1) is 19.4. The van der Waals surface area contributed by atoms with Crippen LogP contribution < -0.4 is 10.6 Å². The van der Waals surface area contributed by atoms with Crippen molar-refractivity contribution in [2.75, 3.05) is 11.9 Å². The lowest BCUT2D eigenvalue weighted by atomic mass is 10.2. The van der Waals surface area contributed by atoms with Gasteiger partial charge in [0.1, 0.15) is 11.6 Å². The number of nitrogens with one attached hydrogen (secondary N) is 2. The molecule has 1 amide bonds. The van der Waals surface area contributed by atoms with Gasteiger partial charge in [0.15, 0.2) is 0 Å². The van der Waals surface area contributed by atoms with Crippen molar-refractivity contribution < 1.29 is 9.90 Å². The molecular formula is C20H29N5O2. The minimum Gasteiger partial charge on any atom is -0.391 e. The first-order valence-corrected chi connectivity index (χ1v) is 9.74. The number of carbonyl (C=O) groups is 1. The number of hydrogen-bond acceptors (Lipinski definition) is 5. The van der Waals surface area contributed by atoms with Gasteiger partial charge in [0.25, 0.3) is 5.91 Å². The van der Waals surface area contributed by atoms with Crippen molar-refractivity contribution in [1.82, 2.24) is 19.9 Å². The van der Waals surface area contributed by atoms with Gasteiger partial charge in [-0.2, -0.15) is 0 Å². The van der Waals surface area contributed by atoms with E-state index < -0.39 is 0 Å². The predicted molar refractivity (Wildman–Crippen MR) is 105 cm³/mol. The van der Waals surface area contributed by atoms with Gasteiger partial charge in [0.2, 0.25) is 0 Å². The number of rotatable bonds is 8. The third kappa shape index (κ3) is 5.07. The Labute approximate surface area is 160 Å². The van der Waals surface area contributed by atoms with Gasteiger partial charge in [-0.25, -0.2) is 9.97 Å². The number of carbonyl (C=O) groups excluding carboxylic acids is 1. The number of hydrogen-bond donors (Lipinski definition) is 3. The molecule has 0 aliphatic heterocycles. The van der Waals surface area contributed by atoms with Crippen molar-refractivity contribution in [3.8, 4) is 0 Å². The van der Waals surface area contributed by atoms with Gasteiger partial charge in [0, 0.05) is 37.6 Å². The fraction of sp³-hybridized carbons (Fsp3) is 0.550. The van der Waals surface area contributed by atoms with Crippen molar-refractivity contribution in [1.29, 1.82) is 0 Å². The summed E-state index contributed by atoms with van der Waals surface area (Å²) >= 11 is 0. The van der Waals surface area contributed by atoms with Crippen LogP contribution in [-0.4, -0.2) is 44.2 Å². The zero-order valence-corrected chi connectivity index (χ0v) is 16.1. The molecule has 1 saturated carbocycles. The Morgan fingerprint density at radius 1 is 1.33 bits per heavy atom. The highest BCUT2D eigenvalue weighted by atomic mass is 16.3. The molecule has 3 rings (SSSR count). The fourth-order valence-corrected chi connectivity index (χ4v) is 3.48. The summed E-state index contributed by atoms with van der Waals surface area (Å²) in [6.07, 6.45) is 8.70. The van der Waals surface area contributed by atoms with Gasteiger partial charge >= 0.3 is 0 Å². The van der Waals surface area contributed by atoms with E-state index in [1.54, 1.807) is 18.3 Å². The second-order valence-corrected chi connectivity index (χ2v) is 7.42. The molecule has 7 heteroatoms. The maximum atomic E-state index is 12.3. The number of aliphatic hydroxyl groups excluding tert-OH is 1. The second-order valence-electron chi connectivity index (χ2n) is 7.42. The van der Waals surface area contributed by atoms with Crippen LogP contribution >= 0.6 is 0 Å². The number of anilines is 1. The quantitative estimate of drug-likeness (QED) is 0.620. The number of nitrogens with zero attached hydrogens (tertiary/aromatic N) is 3. The SMILES string of the molecule is CC(C)c1nccn1CCCNC(=O)c1ccc(N[C@H]2CCC[C@H]2O)nc1. The van der Waals surface area contributed by atoms with Crippen molar-refractivity contribution in [2.45, 2.75) is 64.1 Å². The Bertz CT molecular complexity index is 741. The third-order valence-corrected chi connectivity index (χ3v) is 4.96. The fourth-order valence-electron chi connectivity index (χ4n) is 3.48. The average Bonchev–Trinajstić information content (AvgIpc) is 3.28. The van der Waals surface area contributed by atoms with E-state index in [1.807, 2.05) is 12.4 Å². The number of amides is 1. The Morgan fingerprint density at radius 2 is 2.19 bits per heavy atom. The van der Waals surface area contributed by atoms with E-state index in [0.29, 0.717) is 23.8 Å². The predicted octanol–water partition coefficient (Wildman–Crippen LogP) is 2.55. The minimum atomic E-state index is -0.318. The molecule has 2 heterocycles. The highest BCUT2D eigenvalue weighted by Crippen LogP contribution is 2.22. The van der Waals surface area contributed by atoms with Gasteiger partial charge in [-0.15, -0.1) is 0 Å². The molecular weight excluding hydrogens is 342 g/mol. The van der Waals surface area contributed by atoms with Crippen LogP contribution in [0.5, 0.6) is 0 Å². The normalized spacial score (nSPS) is 19.4. The lowest BCUT2D eigenvalue weighted by Gasteiger charge is -2.17. The van der Waals surface area contributed by atoms with Crippen LogP contribution in [-0.2, 0) is 6.54 Å². The topological polar surface area (TPSA) is 92.1 Å². The molecule has 27 heavy (non-hydrogen) atoms. The van der Waals surface area contributed by atoms with Gasteiger partial charge in [-0.05, 0) is 37.8 Å². The highest BCUT2D eigenvalue weighted by Gasteiger charge is 2.25. The summed E-state index contributed by atoms with van der Waals surface area (Å²) < 4.78 is 2.14. The molecule has 7 nitrogen and oxygen atoms in total. The smallest absolute Gasteiger partial charge is 0.252 e. The molecule has 1 aliphatic carbocycles. The molecule has 0 spiro atoms. The number of aliphatic hydroxyl groups is 1. The Balaban J connectivity index is 1.43. The third-order valence-electron chi connectivity index (χ3n) is 4.96. The molecule has 0 aromatic carbocycles. The first-order valence-electron chi connectivity index (χ1n) is 9.74. The standard InChI is InChI=1S/C20H29N5O2/c1-14(2)19-21-10-12-25(19)11-4-9-22-20(27)15-7-8-18(23-13-15)24-16-5-3-6-17(16)26/h7-8,10,12-14,16-17,26H,3-6,9,11H2,1-2H3,(H,22,27)(H,23,24)/t16-,17+/m0/s1. The van der Waals surface area contributed by atoms with E-state index in [2.05, 4.69) is 39.0 Å². The number of pyridine rings is 1. The molecule has 2 aromatic heterocycles. The first-order chi connectivity index (χ1) is 13.0. The van der Waals surface area contributed by atoms with Crippen molar-refractivity contribution in [3.63, 3.8) is 0 Å². The van der Waals surface area contributed by atoms with Gasteiger partial charge in [0.05, 0.1) is 17.7 Å². The molecule has 3 N–H and O–H groups in total. The van der Waals surface area contributed by atoms with Crippen LogP contribution in [0, 0.1) is 0 Å². The van der Waals surface area contributed by atoms with E-state index in [1.165, 1.54) is 0 Å². The van der Waals surface area contributed by atoms with Crippen LogP contribution in [0.3, 0.4) is 0 Å². The summed E-state index contributed by atoms with van der Waals surface area (Å²) in [6.45, 7) is 5.68. The Hall–Kier alpha value is -2.41. The van der Waals surface area contributed by atoms with Crippen LogP contribution in [0.15, 0.2) is 30.7 Å². The Kier molecular flexibility index (Phi) is 6.45. The zero-order chi connectivity index (χ0) is 19.2. The molecule has 1 fully saturated rings. The van der Waals surface area contributed by atoms with E-state index in [-0.39, 0.29) is 18.1 Å². The molecule has 1 aliphatic rings. The number of aromatic nitrogens is 3. The maximum Gasteiger partial charge on any atom is 0.252 e. The van der Waals surface area contributed by atoms with E-state index in [4.69, 9.17) is 0 Å². The summed E-state index contributed by atoms with van der Waals surface area (Å²) in [5, 5.41) is 16.0. The summed E-state index contributed by atoms with van der Waals surface area (Å²) in [4.78, 5) is 20.9. The van der Waals surface area contributed by atoms with Crippen molar-refractivity contribution in [2.24, 2.45) is 0 Å². The van der Waals surface area contributed by atoms with Gasteiger partial charge in [-0.3, -0.25) is 4.79 Å². The largest absolute Gasteiger partial charge is 0.391 e. The van der Waals surface area contributed by atoms with E-state index in [9.17, 15) is 9.90 Å². The zero-order valence-electron chi connectivity index (χ0n) is 16.1. The van der Waals surface area contributed by atoms with Crippen LogP contribution in [0.1, 0.15) is 61.6 Å². The summed E-state index contributed by atoms with van der Waals surface area (Å²) in [5.41, 5.74) is 0.540. The lowest BCUT2D eigenvalue weighted by Crippen LogP contribution is -2.28. The van der Waals surface area contributed by atoms with E-state index >= 15 is 0 Å². The maximum absolute atomic E-state index is 12.3. The van der Waals surface area contributed by atoms with Crippen molar-refractivity contribution in [3.05, 3.63) is 42.1 Å². The molecule has 146 valence electrons. The van der Waals surface area contributed by atoms with Crippen LogP contribution in [0.25, 0.3) is 0 Å². The van der Waals surface area contributed by atoms with E-state index in [0.717, 1.165) is 38.1 Å². The number of imidazole rings is 1. The van der Waals surface area contributed by atoms with Crippen LogP contribution in [0.2, 0.25) is 0 Å². The molecule has 0 radical (unpaired) electrons. The molecule has 2 aromatic rings. The number of aryl methyl sites for hydroxylation is 1. The molecule has 0 saturated heterocycles. The molecule has 0 bridgehead atoms. The monoisotopic (exact) mass is 371 g/mol. The summed E-state index contributed by atoms with van der Waals surface area (Å²) in [5.74, 6) is 2.03. The second kappa shape index (κ2) is 8.99. The lowest BCUT2D eigenvalue weighted by molar-refractivity contribution is 0.0952.